The number of aromatic hydroxyl groups is 1. The summed E-state index contributed by atoms with van der Waals surface area (Å²) in [5, 5.41) is 20.8. The molecule has 0 unspecified atom stereocenters. The molecule has 2 rings (SSSR count). The molecule has 1 N–H and O–H groups in total. The van der Waals surface area contributed by atoms with Gasteiger partial charge in [0.05, 0.1) is 22.2 Å². The van der Waals surface area contributed by atoms with Gasteiger partial charge in [-0.15, -0.1) is 0 Å². The van der Waals surface area contributed by atoms with Crippen molar-refractivity contribution in [2.75, 3.05) is 7.11 Å². The van der Waals surface area contributed by atoms with E-state index in [1.165, 1.54) is 37.4 Å². The SMILES string of the molecule is COc1cc(COC(=O)c2ccccc2C(=O)[O-])cc(I)c1O. The van der Waals surface area contributed by atoms with Crippen molar-refractivity contribution < 1.29 is 29.3 Å². The average molecular weight is 427 g/mol. The zero-order valence-electron chi connectivity index (χ0n) is 12.0. The number of ether oxygens (including phenoxy) is 2. The molecule has 23 heavy (non-hydrogen) atoms. The fourth-order valence-corrected chi connectivity index (χ4v) is 2.60. The molecule has 7 heteroatoms. The van der Waals surface area contributed by atoms with Crippen LogP contribution < -0.4 is 9.84 Å². The van der Waals surface area contributed by atoms with E-state index in [0.29, 0.717) is 9.13 Å². The van der Waals surface area contributed by atoms with E-state index >= 15 is 0 Å². The first-order valence-electron chi connectivity index (χ1n) is 6.47. The molecular formula is C16H12IO6-. The molecule has 0 spiro atoms. The minimum atomic E-state index is -1.45. The van der Waals surface area contributed by atoms with Gasteiger partial charge in [-0.05, 0) is 46.4 Å². The predicted octanol–water partition coefficient (Wildman–Crippen LogP) is 1.73. The lowest BCUT2D eigenvalue weighted by Crippen LogP contribution is -2.25. The Morgan fingerprint density at radius 2 is 1.87 bits per heavy atom. The summed E-state index contributed by atoms with van der Waals surface area (Å²) in [4.78, 5) is 23.1. The summed E-state index contributed by atoms with van der Waals surface area (Å²) < 4.78 is 10.7. The molecular weight excluding hydrogens is 415 g/mol. The van der Waals surface area contributed by atoms with Gasteiger partial charge in [0.15, 0.2) is 11.5 Å². The van der Waals surface area contributed by atoms with Crippen LogP contribution in [0.5, 0.6) is 11.5 Å². The van der Waals surface area contributed by atoms with E-state index in [1.54, 1.807) is 6.07 Å². The monoisotopic (exact) mass is 427 g/mol. The second kappa shape index (κ2) is 7.32. The number of aromatic carboxylic acids is 1. The van der Waals surface area contributed by atoms with Crippen molar-refractivity contribution in [2.45, 2.75) is 6.61 Å². The Morgan fingerprint density at radius 3 is 2.48 bits per heavy atom. The van der Waals surface area contributed by atoms with Crippen LogP contribution in [0.4, 0.5) is 0 Å². The molecule has 0 radical (unpaired) electrons. The molecule has 120 valence electrons. The summed E-state index contributed by atoms with van der Waals surface area (Å²) in [6, 6.07) is 8.84. The highest BCUT2D eigenvalue weighted by Crippen LogP contribution is 2.32. The summed E-state index contributed by atoms with van der Waals surface area (Å²) in [5.74, 6) is -1.95. The lowest BCUT2D eigenvalue weighted by atomic mass is 10.1. The number of benzene rings is 2. The molecule has 0 aliphatic rings. The normalized spacial score (nSPS) is 10.2. The zero-order chi connectivity index (χ0) is 17.0. The third kappa shape index (κ3) is 3.92. The molecule has 0 aliphatic heterocycles. The number of carboxylic acids is 1. The topological polar surface area (TPSA) is 95.9 Å². The molecule has 2 aromatic rings. The first kappa shape index (κ1) is 17.1. The number of rotatable bonds is 5. The molecule has 0 atom stereocenters. The third-order valence-electron chi connectivity index (χ3n) is 3.04. The van der Waals surface area contributed by atoms with Crippen LogP contribution in [-0.2, 0) is 11.3 Å². The predicted molar refractivity (Wildman–Crippen MR) is 87.3 cm³/mol. The van der Waals surface area contributed by atoms with E-state index < -0.39 is 11.9 Å². The van der Waals surface area contributed by atoms with Gasteiger partial charge in [-0.2, -0.15) is 0 Å². The summed E-state index contributed by atoms with van der Waals surface area (Å²) in [6.07, 6.45) is 0. The van der Waals surface area contributed by atoms with Crippen LogP contribution in [0.15, 0.2) is 36.4 Å². The first-order chi connectivity index (χ1) is 10.9. The Bertz CT molecular complexity index is 756. The van der Waals surface area contributed by atoms with Crippen LogP contribution in [0.1, 0.15) is 26.3 Å². The van der Waals surface area contributed by atoms with Gasteiger partial charge in [0, 0.05) is 5.56 Å². The minimum absolute atomic E-state index is 0.00507. The number of carboxylic acid groups (broad SMARTS) is 1. The van der Waals surface area contributed by atoms with E-state index in [4.69, 9.17) is 9.47 Å². The van der Waals surface area contributed by atoms with E-state index in [2.05, 4.69) is 0 Å². The molecule has 0 heterocycles. The average Bonchev–Trinajstić information content (AvgIpc) is 2.55. The lowest BCUT2D eigenvalue weighted by molar-refractivity contribution is -0.255. The Kier molecular flexibility index (Phi) is 5.43. The zero-order valence-corrected chi connectivity index (χ0v) is 14.2. The van der Waals surface area contributed by atoms with E-state index in [1.807, 2.05) is 22.6 Å². The smallest absolute Gasteiger partial charge is 0.339 e. The standard InChI is InChI=1S/C16H13IO6/c1-22-13-7-9(6-12(17)14(13)18)8-23-16(21)11-5-3-2-4-10(11)15(19)20/h2-7,18H,8H2,1H3,(H,19,20)/p-1. The molecule has 0 aromatic heterocycles. The lowest BCUT2D eigenvalue weighted by Gasteiger charge is -2.12. The largest absolute Gasteiger partial charge is 0.545 e. The number of phenolic OH excluding ortho intramolecular Hbond substituents is 1. The summed E-state index contributed by atoms with van der Waals surface area (Å²) in [6.45, 7) is -0.0904. The molecule has 0 amide bonds. The number of phenols is 1. The van der Waals surface area contributed by atoms with Gasteiger partial charge in [0.2, 0.25) is 0 Å². The fourth-order valence-electron chi connectivity index (χ4n) is 1.93. The molecule has 2 aromatic carbocycles. The van der Waals surface area contributed by atoms with Crippen molar-refractivity contribution >= 4 is 34.5 Å². The first-order valence-corrected chi connectivity index (χ1v) is 7.54. The highest BCUT2D eigenvalue weighted by molar-refractivity contribution is 14.1. The second-order valence-corrected chi connectivity index (χ2v) is 5.70. The van der Waals surface area contributed by atoms with E-state index in [9.17, 15) is 19.8 Å². The maximum atomic E-state index is 12.1. The third-order valence-corrected chi connectivity index (χ3v) is 3.87. The van der Waals surface area contributed by atoms with Gasteiger partial charge >= 0.3 is 5.97 Å². The quantitative estimate of drug-likeness (QED) is 0.577. The molecule has 0 saturated heterocycles. The Hall–Kier alpha value is -2.29. The molecule has 0 bridgehead atoms. The van der Waals surface area contributed by atoms with Crippen LogP contribution in [0.2, 0.25) is 0 Å². The van der Waals surface area contributed by atoms with Gasteiger partial charge in [0.1, 0.15) is 6.61 Å². The molecule has 0 saturated carbocycles. The summed E-state index contributed by atoms with van der Waals surface area (Å²) in [5.41, 5.74) is 0.298. The molecule has 6 nitrogen and oxygen atoms in total. The van der Waals surface area contributed by atoms with Crippen LogP contribution in [0, 0.1) is 3.57 Å². The van der Waals surface area contributed by atoms with Gasteiger partial charge in [-0.3, -0.25) is 0 Å². The van der Waals surface area contributed by atoms with Gasteiger partial charge < -0.3 is 24.5 Å². The second-order valence-electron chi connectivity index (χ2n) is 4.54. The Labute approximate surface area is 145 Å². The van der Waals surface area contributed by atoms with Crippen LogP contribution >= 0.6 is 22.6 Å². The van der Waals surface area contributed by atoms with Crippen molar-refractivity contribution in [1.29, 1.82) is 0 Å². The number of esters is 1. The van der Waals surface area contributed by atoms with Crippen LogP contribution in [0.3, 0.4) is 0 Å². The van der Waals surface area contributed by atoms with Gasteiger partial charge in [-0.25, -0.2) is 4.79 Å². The highest BCUT2D eigenvalue weighted by Gasteiger charge is 2.14. The maximum Gasteiger partial charge on any atom is 0.339 e. The summed E-state index contributed by atoms with van der Waals surface area (Å²) in [7, 11) is 1.41. The highest BCUT2D eigenvalue weighted by atomic mass is 127. The van der Waals surface area contributed by atoms with Crippen LogP contribution in [-0.4, -0.2) is 24.2 Å². The summed E-state index contributed by atoms with van der Waals surface area (Å²) >= 11 is 1.93. The molecule has 0 aliphatic carbocycles. The Morgan fingerprint density at radius 1 is 1.22 bits per heavy atom. The van der Waals surface area contributed by atoms with Crippen molar-refractivity contribution in [1.82, 2.24) is 0 Å². The number of carbonyl (C=O) groups excluding carboxylic acids is 2. The number of carbonyl (C=O) groups is 2. The van der Waals surface area contributed by atoms with Crippen molar-refractivity contribution in [3.05, 3.63) is 56.7 Å². The number of halogens is 1. The number of hydrogen-bond donors (Lipinski definition) is 1. The molecule has 0 fully saturated rings. The maximum absolute atomic E-state index is 12.1. The van der Waals surface area contributed by atoms with Crippen LogP contribution in [0.25, 0.3) is 0 Å². The van der Waals surface area contributed by atoms with Crippen molar-refractivity contribution in [3.8, 4) is 11.5 Å². The fraction of sp³-hybridized carbons (Fsp3) is 0.125. The van der Waals surface area contributed by atoms with E-state index in [0.717, 1.165) is 0 Å². The number of methoxy groups -OCH3 is 1. The van der Waals surface area contributed by atoms with Gasteiger partial charge in [0.25, 0.3) is 0 Å². The van der Waals surface area contributed by atoms with Gasteiger partial charge in [-0.1, -0.05) is 18.2 Å². The van der Waals surface area contributed by atoms with Crippen molar-refractivity contribution in [2.24, 2.45) is 0 Å². The van der Waals surface area contributed by atoms with Crippen molar-refractivity contribution in [3.63, 3.8) is 0 Å². The van der Waals surface area contributed by atoms with E-state index in [-0.39, 0.29) is 29.2 Å². The minimum Gasteiger partial charge on any atom is -0.545 e. The number of hydrogen-bond acceptors (Lipinski definition) is 6. The Balaban J connectivity index is 2.17.